The minimum Gasteiger partial charge on any atom is -0.447 e. The van der Waals surface area contributed by atoms with Crippen molar-refractivity contribution in [2.45, 2.75) is 13.3 Å². The van der Waals surface area contributed by atoms with E-state index < -0.39 is 6.09 Å². The first-order valence-corrected chi connectivity index (χ1v) is 5.40. The molecule has 0 spiro atoms. The van der Waals surface area contributed by atoms with Gasteiger partial charge in [0.05, 0.1) is 6.61 Å². The summed E-state index contributed by atoms with van der Waals surface area (Å²) in [6.07, 6.45) is 0.0548. The molecule has 0 aliphatic heterocycles. The Morgan fingerprint density at radius 2 is 2.29 bits per heavy atom. The van der Waals surface area contributed by atoms with Crippen LogP contribution in [0.5, 0.6) is 0 Å². The van der Waals surface area contributed by atoms with E-state index in [4.69, 9.17) is 5.11 Å². The lowest BCUT2D eigenvalue weighted by Crippen LogP contribution is -2.27. The first-order valence-electron chi connectivity index (χ1n) is 5.40. The van der Waals surface area contributed by atoms with Crippen molar-refractivity contribution < 1.29 is 19.0 Å². The van der Waals surface area contributed by atoms with E-state index in [1.165, 1.54) is 12.1 Å². The van der Waals surface area contributed by atoms with Crippen LogP contribution in [0.2, 0.25) is 0 Å². The summed E-state index contributed by atoms with van der Waals surface area (Å²) in [5.74, 6) is -0.262. The van der Waals surface area contributed by atoms with Gasteiger partial charge in [0.25, 0.3) is 0 Å². The van der Waals surface area contributed by atoms with E-state index >= 15 is 0 Å². The van der Waals surface area contributed by atoms with Crippen LogP contribution in [0.15, 0.2) is 18.2 Å². The van der Waals surface area contributed by atoms with Crippen LogP contribution >= 0.6 is 0 Å². The molecule has 0 bridgehead atoms. The molecular formula is C12H16FNO3. The van der Waals surface area contributed by atoms with Crippen molar-refractivity contribution in [2.75, 3.05) is 19.8 Å². The van der Waals surface area contributed by atoms with E-state index in [0.29, 0.717) is 13.0 Å². The van der Waals surface area contributed by atoms with Gasteiger partial charge in [-0.2, -0.15) is 0 Å². The van der Waals surface area contributed by atoms with E-state index in [-0.39, 0.29) is 19.0 Å². The Balaban J connectivity index is 2.33. The molecule has 0 aliphatic rings. The van der Waals surface area contributed by atoms with E-state index in [0.717, 1.165) is 11.1 Å². The second-order valence-corrected chi connectivity index (χ2v) is 3.61. The van der Waals surface area contributed by atoms with E-state index in [2.05, 4.69) is 10.1 Å². The molecule has 1 amide bonds. The third-order valence-electron chi connectivity index (χ3n) is 2.29. The summed E-state index contributed by atoms with van der Waals surface area (Å²) in [6.45, 7) is 2.03. The minimum absolute atomic E-state index is 0.0125. The molecule has 4 nitrogen and oxygen atoms in total. The van der Waals surface area contributed by atoms with Crippen LogP contribution in [0.4, 0.5) is 9.18 Å². The first-order chi connectivity index (χ1) is 8.13. The number of aliphatic hydroxyl groups is 1. The number of carbonyl (C=O) groups is 1. The molecule has 94 valence electrons. The summed E-state index contributed by atoms with van der Waals surface area (Å²) in [5, 5.41) is 11.0. The summed E-state index contributed by atoms with van der Waals surface area (Å²) in [6, 6.07) is 4.55. The predicted octanol–water partition coefficient (Wildman–Crippen LogP) is 1.40. The number of alkyl carbamates (subject to hydrolysis) is 1. The summed E-state index contributed by atoms with van der Waals surface area (Å²) in [5.41, 5.74) is 1.84. The molecule has 1 aromatic carbocycles. The molecule has 2 N–H and O–H groups in total. The van der Waals surface area contributed by atoms with E-state index in [1.807, 2.05) is 6.92 Å². The fourth-order valence-corrected chi connectivity index (χ4v) is 1.43. The van der Waals surface area contributed by atoms with Gasteiger partial charge in [-0.25, -0.2) is 9.18 Å². The molecule has 0 atom stereocenters. The van der Waals surface area contributed by atoms with Crippen LogP contribution in [0.3, 0.4) is 0 Å². The highest BCUT2D eigenvalue weighted by molar-refractivity contribution is 5.67. The lowest BCUT2D eigenvalue weighted by Gasteiger charge is -2.07. The van der Waals surface area contributed by atoms with Crippen LogP contribution in [0.25, 0.3) is 0 Å². The van der Waals surface area contributed by atoms with Gasteiger partial charge in [0.2, 0.25) is 0 Å². The van der Waals surface area contributed by atoms with Crippen LogP contribution in [-0.2, 0) is 11.2 Å². The number of benzene rings is 1. The van der Waals surface area contributed by atoms with Gasteiger partial charge in [-0.15, -0.1) is 0 Å². The zero-order valence-corrected chi connectivity index (χ0v) is 9.70. The second kappa shape index (κ2) is 6.85. The van der Waals surface area contributed by atoms with Crippen molar-refractivity contribution in [2.24, 2.45) is 0 Å². The number of amides is 1. The maximum absolute atomic E-state index is 12.8. The van der Waals surface area contributed by atoms with Crippen molar-refractivity contribution >= 4 is 6.09 Å². The van der Waals surface area contributed by atoms with Crippen LogP contribution in [-0.4, -0.2) is 31.0 Å². The van der Waals surface area contributed by atoms with Gasteiger partial charge in [-0.3, -0.25) is 0 Å². The maximum atomic E-state index is 12.8. The number of carbonyl (C=O) groups excluding carboxylic acids is 1. The molecule has 0 saturated carbocycles. The highest BCUT2D eigenvalue weighted by atomic mass is 19.1. The molecular weight excluding hydrogens is 225 g/mol. The quantitative estimate of drug-likeness (QED) is 0.819. The number of halogens is 1. The van der Waals surface area contributed by atoms with Gasteiger partial charge in [-0.1, -0.05) is 6.07 Å². The average molecular weight is 241 g/mol. The van der Waals surface area contributed by atoms with Gasteiger partial charge >= 0.3 is 6.09 Å². The molecule has 0 heterocycles. The largest absolute Gasteiger partial charge is 0.447 e. The van der Waals surface area contributed by atoms with Crippen molar-refractivity contribution in [1.82, 2.24) is 5.32 Å². The topological polar surface area (TPSA) is 58.6 Å². The van der Waals surface area contributed by atoms with Crippen molar-refractivity contribution in [3.8, 4) is 0 Å². The number of ether oxygens (including phenoxy) is 1. The lowest BCUT2D eigenvalue weighted by atomic mass is 10.1. The van der Waals surface area contributed by atoms with E-state index in [9.17, 15) is 9.18 Å². The monoisotopic (exact) mass is 241 g/mol. The molecule has 0 unspecified atom stereocenters. The van der Waals surface area contributed by atoms with Crippen LogP contribution in [0, 0.1) is 12.7 Å². The highest BCUT2D eigenvalue weighted by Crippen LogP contribution is 2.10. The lowest BCUT2D eigenvalue weighted by molar-refractivity contribution is 0.119. The van der Waals surface area contributed by atoms with E-state index in [1.54, 1.807) is 6.07 Å². The fourth-order valence-electron chi connectivity index (χ4n) is 1.43. The number of hydrogen-bond acceptors (Lipinski definition) is 3. The molecule has 0 aromatic heterocycles. The average Bonchev–Trinajstić information content (AvgIpc) is 2.29. The minimum atomic E-state index is -0.557. The Kier molecular flexibility index (Phi) is 5.42. The Morgan fingerprint density at radius 3 is 2.94 bits per heavy atom. The normalized spacial score (nSPS) is 10.1. The summed E-state index contributed by atoms with van der Waals surface area (Å²) in [7, 11) is 0. The molecule has 0 fully saturated rings. The van der Waals surface area contributed by atoms with Crippen LogP contribution < -0.4 is 5.32 Å². The van der Waals surface area contributed by atoms with Gasteiger partial charge in [-0.05, 0) is 36.6 Å². The Bertz CT molecular complexity index is 382. The van der Waals surface area contributed by atoms with Gasteiger partial charge in [0.1, 0.15) is 12.4 Å². The smallest absolute Gasteiger partial charge is 0.407 e. The summed E-state index contributed by atoms with van der Waals surface area (Å²) in [4.78, 5) is 11.0. The molecule has 1 rings (SSSR count). The molecule has 0 aliphatic carbocycles. The molecule has 0 radical (unpaired) electrons. The highest BCUT2D eigenvalue weighted by Gasteiger charge is 2.03. The number of hydrogen-bond donors (Lipinski definition) is 2. The van der Waals surface area contributed by atoms with Crippen molar-refractivity contribution in [3.63, 3.8) is 0 Å². The summed E-state index contributed by atoms with van der Waals surface area (Å²) >= 11 is 0. The Labute approximate surface area is 99.4 Å². The van der Waals surface area contributed by atoms with Crippen molar-refractivity contribution in [1.29, 1.82) is 0 Å². The molecule has 0 saturated heterocycles. The van der Waals surface area contributed by atoms with Crippen molar-refractivity contribution in [3.05, 3.63) is 35.1 Å². The standard InChI is InChI=1S/C12H16FNO3/c1-9-8-11(13)3-2-10(9)4-5-14-12(16)17-7-6-15/h2-3,8,15H,4-7H2,1H3,(H,14,16). The summed E-state index contributed by atoms with van der Waals surface area (Å²) < 4.78 is 17.4. The predicted molar refractivity (Wildman–Crippen MR) is 61.3 cm³/mol. The maximum Gasteiger partial charge on any atom is 0.407 e. The van der Waals surface area contributed by atoms with Gasteiger partial charge in [0.15, 0.2) is 0 Å². The molecule has 1 aromatic rings. The number of aliphatic hydroxyl groups excluding tert-OH is 1. The molecule has 17 heavy (non-hydrogen) atoms. The van der Waals surface area contributed by atoms with Gasteiger partial charge < -0.3 is 15.2 Å². The number of nitrogens with one attached hydrogen (secondary N) is 1. The number of aryl methyl sites for hydroxylation is 1. The van der Waals surface area contributed by atoms with Gasteiger partial charge in [0, 0.05) is 6.54 Å². The Hall–Kier alpha value is -1.62. The zero-order chi connectivity index (χ0) is 12.7. The fraction of sp³-hybridized carbons (Fsp3) is 0.417. The SMILES string of the molecule is Cc1cc(F)ccc1CCNC(=O)OCCO. The van der Waals surface area contributed by atoms with Crippen LogP contribution in [0.1, 0.15) is 11.1 Å². The molecule has 5 heteroatoms. The third-order valence-corrected chi connectivity index (χ3v) is 2.29. The number of rotatable bonds is 5. The second-order valence-electron chi connectivity index (χ2n) is 3.61. The third kappa shape index (κ3) is 4.82. The zero-order valence-electron chi connectivity index (χ0n) is 9.70. The first kappa shape index (κ1) is 13.4. The Morgan fingerprint density at radius 1 is 1.53 bits per heavy atom.